The Bertz CT molecular complexity index is 175. The van der Waals surface area contributed by atoms with Crippen LogP contribution < -0.4 is 0 Å². The molecule has 0 rings (SSSR count). The minimum absolute atomic E-state index is 0.0943. The van der Waals surface area contributed by atoms with Crippen molar-refractivity contribution < 1.29 is 23.8 Å². The van der Waals surface area contributed by atoms with E-state index in [1.165, 1.54) is 11.9 Å². The Labute approximate surface area is 74.8 Å². The standard InChI is InChI=1S/C7H13F2NO3/c1-10(3-2-4-11)5-7(8,9)6(12)13/h11H,2-5H2,1H3,(H,12,13). The SMILES string of the molecule is CN(CCCO)CC(F)(F)C(=O)O. The summed E-state index contributed by atoms with van der Waals surface area (Å²) in [6, 6.07) is 0. The quantitative estimate of drug-likeness (QED) is 0.630. The van der Waals surface area contributed by atoms with Crippen LogP contribution >= 0.6 is 0 Å². The molecule has 0 aliphatic heterocycles. The highest BCUT2D eigenvalue weighted by molar-refractivity contribution is 5.75. The third kappa shape index (κ3) is 4.74. The number of carbonyl (C=O) groups is 1. The van der Waals surface area contributed by atoms with Gasteiger partial charge in [-0.2, -0.15) is 8.78 Å². The highest BCUT2D eigenvalue weighted by Crippen LogP contribution is 2.14. The molecule has 0 aromatic rings. The van der Waals surface area contributed by atoms with Crippen LogP contribution in [0, 0.1) is 0 Å². The molecule has 0 aromatic carbocycles. The first-order valence-corrected chi connectivity index (χ1v) is 3.81. The molecule has 0 radical (unpaired) electrons. The molecule has 0 fully saturated rings. The monoisotopic (exact) mass is 197 g/mol. The van der Waals surface area contributed by atoms with E-state index in [9.17, 15) is 13.6 Å². The molecule has 78 valence electrons. The smallest absolute Gasteiger partial charge is 0.375 e. The van der Waals surface area contributed by atoms with Gasteiger partial charge in [0.25, 0.3) is 0 Å². The van der Waals surface area contributed by atoms with Crippen LogP contribution in [0.25, 0.3) is 0 Å². The number of hydrogen-bond donors (Lipinski definition) is 2. The summed E-state index contributed by atoms with van der Waals surface area (Å²) >= 11 is 0. The second kappa shape index (κ2) is 5.08. The predicted octanol–water partition coefficient (Wildman–Crippen LogP) is 0.0205. The van der Waals surface area contributed by atoms with Crippen LogP contribution in [0.1, 0.15) is 6.42 Å². The van der Waals surface area contributed by atoms with Gasteiger partial charge in [0, 0.05) is 13.2 Å². The minimum Gasteiger partial charge on any atom is -0.477 e. The van der Waals surface area contributed by atoms with Gasteiger partial charge in [-0.05, 0) is 13.5 Å². The first-order valence-electron chi connectivity index (χ1n) is 3.81. The van der Waals surface area contributed by atoms with Crippen LogP contribution in [0.4, 0.5) is 8.78 Å². The van der Waals surface area contributed by atoms with Gasteiger partial charge in [0.15, 0.2) is 0 Å². The summed E-state index contributed by atoms with van der Waals surface area (Å²) < 4.78 is 25.0. The molecule has 13 heavy (non-hydrogen) atoms. The van der Waals surface area contributed by atoms with E-state index in [2.05, 4.69) is 0 Å². The molecule has 0 spiro atoms. The van der Waals surface area contributed by atoms with E-state index in [0.29, 0.717) is 6.42 Å². The third-order valence-corrected chi connectivity index (χ3v) is 1.48. The molecule has 0 aromatic heterocycles. The molecule has 0 aliphatic carbocycles. The molecule has 6 heteroatoms. The van der Waals surface area contributed by atoms with Crippen molar-refractivity contribution >= 4 is 5.97 Å². The van der Waals surface area contributed by atoms with Crippen molar-refractivity contribution in [1.82, 2.24) is 4.90 Å². The Balaban J connectivity index is 3.89. The van der Waals surface area contributed by atoms with Crippen LogP contribution in [0.3, 0.4) is 0 Å². The van der Waals surface area contributed by atoms with Gasteiger partial charge in [-0.1, -0.05) is 0 Å². The second-order valence-corrected chi connectivity index (χ2v) is 2.82. The largest absolute Gasteiger partial charge is 0.477 e. The first kappa shape index (κ1) is 12.2. The maximum Gasteiger partial charge on any atom is 0.375 e. The fraction of sp³-hybridized carbons (Fsp3) is 0.857. The number of aliphatic carboxylic acids is 1. The molecule has 0 atom stereocenters. The van der Waals surface area contributed by atoms with Gasteiger partial charge in [0.2, 0.25) is 0 Å². The highest BCUT2D eigenvalue weighted by Gasteiger charge is 2.39. The van der Waals surface area contributed by atoms with E-state index in [1.54, 1.807) is 0 Å². The van der Waals surface area contributed by atoms with Crippen molar-refractivity contribution in [2.45, 2.75) is 12.3 Å². The average molecular weight is 197 g/mol. The van der Waals surface area contributed by atoms with Crippen LogP contribution in [-0.4, -0.2) is 53.7 Å². The Hall–Kier alpha value is -0.750. The lowest BCUT2D eigenvalue weighted by molar-refractivity contribution is -0.166. The molecular formula is C7H13F2NO3. The Morgan fingerprint density at radius 3 is 2.46 bits per heavy atom. The van der Waals surface area contributed by atoms with Crippen molar-refractivity contribution in [3.63, 3.8) is 0 Å². The number of carboxylic acids is 1. The predicted molar refractivity (Wildman–Crippen MR) is 41.8 cm³/mol. The van der Waals surface area contributed by atoms with Crippen molar-refractivity contribution in [2.75, 3.05) is 26.7 Å². The normalized spacial score (nSPS) is 12.1. The van der Waals surface area contributed by atoms with Gasteiger partial charge in [-0.25, -0.2) is 4.79 Å². The van der Waals surface area contributed by atoms with Crippen LogP contribution in [0.15, 0.2) is 0 Å². The van der Waals surface area contributed by atoms with Gasteiger partial charge in [-0.3, -0.25) is 4.90 Å². The minimum atomic E-state index is -3.72. The number of rotatable bonds is 6. The number of hydrogen-bond acceptors (Lipinski definition) is 3. The van der Waals surface area contributed by atoms with Gasteiger partial charge in [0.1, 0.15) is 0 Å². The van der Waals surface area contributed by atoms with E-state index in [1.807, 2.05) is 0 Å². The van der Waals surface area contributed by atoms with Crippen molar-refractivity contribution in [3.8, 4) is 0 Å². The summed E-state index contributed by atoms with van der Waals surface area (Å²) in [4.78, 5) is 11.2. The van der Waals surface area contributed by atoms with Gasteiger partial charge >= 0.3 is 11.9 Å². The summed E-state index contributed by atoms with van der Waals surface area (Å²) in [7, 11) is 1.38. The molecule has 0 heterocycles. The van der Waals surface area contributed by atoms with Crippen LogP contribution in [0.5, 0.6) is 0 Å². The molecular weight excluding hydrogens is 184 g/mol. The molecule has 0 unspecified atom stereocenters. The van der Waals surface area contributed by atoms with Gasteiger partial charge in [-0.15, -0.1) is 0 Å². The van der Waals surface area contributed by atoms with Crippen molar-refractivity contribution in [1.29, 1.82) is 0 Å². The Morgan fingerprint density at radius 1 is 1.54 bits per heavy atom. The van der Waals surface area contributed by atoms with Gasteiger partial charge < -0.3 is 10.2 Å². The zero-order chi connectivity index (χ0) is 10.5. The average Bonchev–Trinajstić information content (AvgIpc) is 1.99. The van der Waals surface area contributed by atoms with E-state index >= 15 is 0 Å². The molecule has 0 saturated heterocycles. The summed E-state index contributed by atoms with van der Waals surface area (Å²) in [6.45, 7) is -0.676. The number of halogens is 2. The highest BCUT2D eigenvalue weighted by atomic mass is 19.3. The number of carboxylic acid groups (broad SMARTS) is 1. The molecule has 0 bridgehead atoms. The zero-order valence-electron chi connectivity index (χ0n) is 7.33. The van der Waals surface area contributed by atoms with Gasteiger partial charge in [0.05, 0.1) is 6.54 Å². The lowest BCUT2D eigenvalue weighted by Gasteiger charge is -2.20. The van der Waals surface area contributed by atoms with Crippen LogP contribution in [0.2, 0.25) is 0 Å². The van der Waals surface area contributed by atoms with Crippen molar-refractivity contribution in [2.24, 2.45) is 0 Å². The number of nitrogens with zero attached hydrogens (tertiary/aromatic N) is 1. The lowest BCUT2D eigenvalue weighted by Crippen LogP contribution is -2.41. The molecule has 4 nitrogen and oxygen atoms in total. The lowest BCUT2D eigenvalue weighted by atomic mass is 10.3. The first-order chi connectivity index (χ1) is 5.90. The Kier molecular flexibility index (Phi) is 4.79. The zero-order valence-corrected chi connectivity index (χ0v) is 7.33. The van der Waals surface area contributed by atoms with E-state index in [-0.39, 0.29) is 13.2 Å². The molecule has 0 saturated carbocycles. The molecule has 0 aliphatic rings. The fourth-order valence-corrected chi connectivity index (χ4v) is 0.826. The molecule has 2 N–H and O–H groups in total. The van der Waals surface area contributed by atoms with E-state index < -0.39 is 18.4 Å². The summed E-state index contributed by atoms with van der Waals surface area (Å²) in [5, 5.41) is 16.5. The van der Waals surface area contributed by atoms with Crippen LogP contribution in [-0.2, 0) is 4.79 Å². The maximum atomic E-state index is 12.5. The summed E-state index contributed by atoms with van der Waals surface area (Å²) in [5.41, 5.74) is 0. The van der Waals surface area contributed by atoms with Crippen molar-refractivity contribution in [3.05, 3.63) is 0 Å². The third-order valence-electron chi connectivity index (χ3n) is 1.48. The Morgan fingerprint density at radius 2 is 2.08 bits per heavy atom. The second-order valence-electron chi connectivity index (χ2n) is 2.82. The molecule has 0 amide bonds. The van der Waals surface area contributed by atoms with E-state index in [4.69, 9.17) is 10.2 Å². The fourth-order valence-electron chi connectivity index (χ4n) is 0.826. The topological polar surface area (TPSA) is 60.8 Å². The maximum absolute atomic E-state index is 12.5. The van der Waals surface area contributed by atoms with E-state index in [0.717, 1.165) is 0 Å². The summed E-state index contributed by atoms with van der Waals surface area (Å²) in [6.07, 6.45) is 0.353. The number of aliphatic hydroxyl groups is 1. The number of aliphatic hydroxyl groups excluding tert-OH is 1. The summed E-state index contributed by atoms with van der Waals surface area (Å²) in [5.74, 6) is -5.84. The number of alkyl halides is 2.